The van der Waals surface area contributed by atoms with Crippen LogP contribution in [0.3, 0.4) is 0 Å². The molecular weight excluding hydrogens is 256 g/mol. The van der Waals surface area contributed by atoms with E-state index in [0.29, 0.717) is 18.4 Å². The summed E-state index contributed by atoms with van der Waals surface area (Å²) in [5.74, 6) is -0.441. The van der Waals surface area contributed by atoms with Gasteiger partial charge in [-0.3, -0.25) is 0 Å². The van der Waals surface area contributed by atoms with Gasteiger partial charge in [0.15, 0.2) is 0 Å². The highest BCUT2D eigenvalue weighted by Gasteiger charge is 2.35. The Morgan fingerprint density at radius 2 is 2.00 bits per heavy atom. The minimum absolute atomic E-state index is 0.0147. The molecule has 2 atom stereocenters. The van der Waals surface area contributed by atoms with Crippen molar-refractivity contribution in [2.75, 3.05) is 13.2 Å². The van der Waals surface area contributed by atoms with Crippen molar-refractivity contribution in [1.29, 1.82) is 0 Å². The number of hydrogen-bond donors (Lipinski definition) is 2. The maximum Gasteiger partial charge on any atom is 0.338 e. The number of rotatable bonds is 5. The lowest BCUT2D eigenvalue weighted by atomic mass is 9.96. The minimum Gasteiger partial charge on any atom is -0.458 e. The summed E-state index contributed by atoms with van der Waals surface area (Å²) in [7, 11) is 0. The van der Waals surface area contributed by atoms with E-state index in [1.807, 2.05) is 13.0 Å². The van der Waals surface area contributed by atoms with E-state index in [1.165, 1.54) is 0 Å². The Bertz CT molecular complexity index is 492. The molecule has 1 aromatic carbocycles. The van der Waals surface area contributed by atoms with Crippen molar-refractivity contribution in [2.24, 2.45) is 5.92 Å². The number of carbonyl (C=O) groups is 1. The first-order chi connectivity index (χ1) is 9.67. The van der Waals surface area contributed by atoms with Gasteiger partial charge in [-0.05, 0) is 31.1 Å². The second kappa shape index (κ2) is 6.68. The Kier molecular flexibility index (Phi) is 4.93. The lowest BCUT2D eigenvalue weighted by Gasteiger charge is -2.21. The SMILES string of the molecule is CC1=C(CO)C(CCO)C(OC(=O)c2ccccc2)C1. The van der Waals surface area contributed by atoms with Gasteiger partial charge in [-0.1, -0.05) is 23.8 Å². The summed E-state index contributed by atoms with van der Waals surface area (Å²) in [5, 5.41) is 18.6. The van der Waals surface area contributed by atoms with E-state index < -0.39 is 0 Å². The lowest BCUT2D eigenvalue weighted by Crippen LogP contribution is -2.26. The largest absolute Gasteiger partial charge is 0.458 e. The summed E-state index contributed by atoms with van der Waals surface area (Å²) in [6, 6.07) is 8.85. The van der Waals surface area contributed by atoms with Crippen LogP contribution in [0, 0.1) is 5.92 Å². The summed E-state index contributed by atoms with van der Waals surface area (Å²) in [5.41, 5.74) is 2.46. The molecule has 2 unspecified atom stereocenters. The molecule has 0 saturated carbocycles. The zero-order chi connectivity index (χ0) is 14.5. The molecule has 0 bridgehead atoms. The third-order valence-electron chi connectivity index (χ3n) is 3.83. The van der Waals surface area contributed by atoms with Gasteiger partial charge < -0.3 is 14.9 Å². The van der Waals surface area contributed by atoms with E-state index in [2.05, 4.69) is 0 Å². The molecule has 0 radical (unpaired) electrons. The average Bonchev–Trinajstić information content (AvgIpc) is 2.75. The van der Waals surface area contributed by atoms with Gasteiger partial charge in [0, 0.05) is 18.9 Å². The zero-order valence-corrected chi connectivity index (χ0v) is 11.6. The quantitative estimate of drug-likeness (QED) is 0.637. The predicted molar refractivity (Wildman–Crippen MR) is 75.2 cm³/mol. The van der Waals surface area contributed by atoms with Gasteiger partial charge in [-0.15, -0.1) is 0 Å². The molecule has 1 aliphatic carbocycles. The Balaban J connectivity index is 2.08. The number of aliphatic hydroxyl groups excluding tert-OH is 2. The van der Waals surface area contributed by atoms with Gasteiger partial charge >= 0.3 is 5.97 Å². The Hall–Kier alpha value is -1.65. The van der Waals surface area contributed by atoms with Crippen molar-refractivity contribution in [3.63, 3.8) is 0 Å². The number of aliphatic hydroxyl groups is 2. The maximum absolute atomic E-state index is 12.1. The maximum atomic E-state index is 12.1. The molecule has 1 aliphatic rings. The van der Waals surface area contributed by atoms with E-state index in [9.17, 15) is 9.90 Å². The topological polar surface area (TPSA) is 66.8 Å². The van der Waals surface area contributed by atoms with Crippen LogP contribution in [-0.4, -0.2) is 35.5 Å². The zero-order valence-electron chi connectivity index (χ0n) is 11.6. The van der Waals surface area contributed by atoms with Gasteiger partial charge in [0.1, 0.15) is 6.10 Å². The molecule has 0 fully saturated rings. The summed E-state index contributed by atoms with van der Waals surface area (Å²) in [4.78, 5) is 12.1. The first kappa shape index (κ1) is 14.8. The number of hydrogen-bond acceptors (Lipinski definition) is 4. The van der Waals surface area contributed by atoms with E-state index >= 15 is 0 Å². The molecule has 0 heterocycles. The molecule has 4 nitrogen and oxygen atoms in total. The van der Waals surface area contributed by atoms with Gasteiger partial charge in [0.25, 0.3) is 0 Å². The monoisotopic (exact) mass is 276 g/mol. The van der Waals surface area contributed by atoms with Gasteiger partial charge in [-0.2, -0.15) is 0 Å². The average molecular weight is 276 g/mol. The highest BCUT2D eigenvalue weighted by atomic mass is 16.5. The Morgan fingerprint density at radius 1 is 1.30 bits per heavy atom. The standard InChI is InChI=1S/C16H20O4/c1-11-9-15(13(7-8-17)14(11)10-18)20-16(19)12-5-3-2-4-6-12/h2-6,13,15,17-18H,7-10H2,1H3. The molecule has 0 spiro atoms. The van der Waals surface area contributed by atoms with Crippen LogP contribution in [0.1, 0.15) is 30.1 Å². The smallest absolute Gasteiger partial charge is 0.338 e. The molecule has 0 saturated heterocycles. The molecule has 20 heavy (non-hydrogen) atoms. The fraction of sp³-hybridized carbons (Fsp3) is 0.438. The minimum atomic E-state index is -0.356. The summed E-state index contributed by atoms with van der Waals surface area (Å²) in [6.45, 7) is 1.91. The van der Waals surface area contributed by atoms with Crippen LogP contribution in [0.25, 0.3) is 0 Å². The van der Waals surface area contributed by atoms with Crippen LogP contribution in [0.2, 0.25) is 0 Å². The molecular formula is C16H20O4. The molecule has 2 N–H and O–H groups in total. The van der Waals surface area contributed by atoms with Crippen molar-refractivity contribution < 1.29 is 19.7 Å². The third-order valence-corrected chi connectivity index (χ3v) is 3.83. The summed E-state index contributed by atoms with van der Waals surface area (Å²) in [6.07, 6.45) is 0.830. The fourth-order valence-corrected chi connectivity index (χ4v) is 2.77. The predicted octanol–water partition coefficient (Wildman–Crippen LogP) is 1.92. The second-order valence-electron chi connectivity index (χ2n) is 5.10. The molecule has 0 aliphatic heterocycles. The van der Waals surface area contributed by atoms with Gasteiger partial charge in [0.2, 0.25) is 0 Å². The second-order valence-corrected chi connectivity index (χ2v) is 5.10. The van der Waals surface area contributed by atoms with Crippen LogP contribution in [-0.2, 0) is 4.74 Å². The lowest BCUT2D eigenvalue weighted by molar-refractivity contribution is 0.0185. The van der Waals surface area contributed by atoms with E-state index in [0.717, 1.165) is 11.1 Å². The number of ether oxygens (including phenoxy) is 1. The van der Waals surface area contributed by atoms with Crippen molar-refractivity contribution in [2.45, 2.75) is 25.9 Å². The third kappa shape index (κ3) is 3.08. The van der Waals surface area contributed by atoms with Crippen LogP contribution in [0.15, 0.2) is 41.5 Å². The van der Waals surface area contributed by atoms with Crippen LogP contribution < -0.4 is 0 Å². The Morgan fingerprint density at radius 3 is 2.60 bits per heavy atom. The van der Waals surface area contributed by atoms with E-state index in [-0.39, 0.29) is 31.2 Å². The highest BCUT2D eigenvalue weighted by molar-refractivity contribution is 5.89. The molecule has 0 amide bonds. The van der Waals surface area contributed by atoms with Gasteiger partial charge in [-0.25, -0.2) is 4.79 Å². The molecule has 1 aromatic rings. The van der Waals surface area contributed by atoms with Gasteiger partial charge in [0.05, 0.1) is 12.2 Å². The Labute approximate surface area is 118 Å². The van der Waals surface area contributed by atoms with E-state index in [1.54, 1.807) is 24.3 Å². The van der Waals surface area contributed by atoms with Crippen molar-refractivity contribution in [1.82, 2.24) is 0 Å². The number of carbonyl (C=O) groups excluding carboxylic acids is 1. The van der Waals surface area contributed by atoms with Crippen LogP contribution in [0.5, 0.6) is 0 Å². The molecule has 0 aromatic heterocycles. The number of esters is 1. The van der Waals surface area contributed by atoms with Crippen LogP contribution in [0.4, 0.5) is 0 Å². The first-order valence-electron chi connectivity index (χ1n) is 6.83. The van der Waals surface area contributed by atoms with Crippen molar-refractivity contribution in [3.8, 4) is 0 Å². The summed E-state index contributed by atoms with van der Waals surface area (Å²) >= 11 is 0. The normalized spacial score (nSPS) is 22.1. The van der Waals surface area contributed by atoms with Crippen LogP contribution >= 0.6 is 0 Å². The fourth-order valence-electron chi connectivity index (χ4n) is 2.77. The highest BCUT2D eigenvalue weighted by Crippen LogP contribution is 2.36. The first-order valence-corrected chi connectivity index (χ1v) is 6.83. The number of benzene rings is 1. The molecule has 4 heteroatoms. The molecule has 2 rings (SSSR count). The molecule has 108 valence electrons. The van der Waals surface area contributed by atoms with E-state index in [4.69, 9.17) is 9.84 Å². The van der Waals surface area contributed by atoms with Crippen molar-refractivity contribution in [3.05, 3.63) is 47.0 Å². The summed E-state index contributed by atoms with van der Waals surface area (Å²) < 4.78 is 5.56. The van der Waals surface area contributed by atoms with Crippen molar-refractivity contribution >= 4 is 5.97 Å².